The highest BCUT2D eigenvalue weighted by Gasteiger charge is 2.20. The maximum Gasteiger partial charge on any atom is 0.0406 e. The van der Waals surface area contributed by atoms with E-state index in [-0.39, 0.29) is 0 Å². The Labute approximate surface area is 109 Å². The normalized spacial score (nSPS) is 21.4. The fraction of sp³-hybridized carbons (Fsp3) is 0.467. The largest absolute Gasteiger partial charge is 0.302 e. The summed E-state index contributed by atoms with van der Waals surface area (Å²) >= 11 is 5.94. The van der Waals surface area contributed by atoms with Gasteiger partial charge < -0.3 is 4.90 Å². The van der Waals surface area contributed by atoms with E-state index in [1.807, 2.05) is 12.1 Å². The van der Waals surface area contributed by atoms with Gasteiger partial charge in [0.2, 0.25) is 0 Å². The predicted molar refractivity (Wildman–Crippen MR) is 75.3 cm³/mol. The van der Waals surface area contributed by atoms with Crippen LogP contribution in [0.15, 0.2) is 30.3 Å². The molecule has 0 saturated carbocycles. The van der Waals surface area contributed by atoms with Crippen molar-refractivity contribution in [1.82, 2.24) is 4.90 Å². The molecule has 1 atom stereocenters. The Morgan fingerprint density at radius 1 is 1.29 bits per heavy atom. The Balaban J connectivity index is 2.25. The van der Waals surface area contributed by atoms with Crippen LogP contribution in [0.2, 0.25) is 5.02 Å². The van der Waals surface area contributed by atoms with Gasteiger partial charge in [-0.25, -0.2) is 0 Å². The summed E-state index contributed by atoms with van der Waals surface area (Å²) < 4.78 is 0. The van der Waals surface area contributed by atoms with E-state index in [0.717, 1.165) is 11.6 Å². The minimum Gasteiger partial charge on any atom is -0.302 e. The first-order valence-corrected chi connectivity index (χ1v) is 6.73. The first-order chi connectivity index (χ1) is 8.20. The third-order valence-electron chi connectivity index (χ3n) is 3.41. The lowest BCUT2D eigenvalue weighted by molar-refractivity contribution is 0.310. The van der Waals surface area contributed by atoms with Crippen LogP contribution in [-0.4, -0.2) is 25.0 Å². The quantitative estimate of drug-likeness (QED) is 0.780. The molecule has 0 N–H and O–H groups in total. The zero-order valence-corrected chi connectivity index (χ0v) is 11.4. The summed E-state index contributed by atoms with van der Waals surface area (Å²) in [6.07, 6.45) is 4.87. The fourth-order valence-electron chi connectivity index (χ4n) is 2.56. The van der Waals surface area contributed by atoms with E-state index in [2.05, 4.69) is 37.1 Å². The highest BCUT2D eigenvalue weighted by atomic mass is 35.5. The van der Waals surface area contributed by atoms with Crippen molar-refractivity contribution in [3.8, 4) is 0 Å². The van der Waals surface area contributed by atoms with Crippen LogP contribution >= 0.6 is 11.6 Å². The number of benzene rings is 1. The second kappa shape index (κ2) is 5.70. The van der Waals surface area contributed by atoms with Crippen molar-refractivity contribution >= 4 is 17.2 Å². The van der Waals surface area contributed by atoms with E-state index in [4.69, 9.17) is 11.6 Å². The molecule has 0 radical (unpaired) electrons. The average molecular weight is 250 g/mol. The Hall–Kier alpha value is -0.790. The molecular formula is C15H20ClN. The molecule has 2 heteroatoms. The van der Waals surface area contributed by atoms with E-state index in [1.165, 1.54) is 30.5 Å². The first kappa shape index (κ1) is 12.7. The number of likely N-dealkylation sites (N-methyl/N-ethyl adjacent to an activating group) is 1. The number of nitrogens with zero attached hydrogens (tertiary/aromatic N) is 1. The minimum absolute atomic E-state index is 0.667. The summed E-state index contributed by atoms with van der Waals surface area (Å²) in [4.78, 5) is 2.39. The van der Waals surface area contributed by atoms with Crippen molar-refractivity contribution in [1.29, 1.82) is 0 Å². The number of hydrogen-bond acceptors (Lipinski definition) is 1. The second-order valence-electron chi connectivity index (χ2n) is 4.87. The molecular weight excluding hydrogens is 230 g/mol. The first-order valence-electron chi connectivity index (χ1n) is 6.35. The van der Waals surface area contributed by atoms with Gasteiger partial charge in [-0.1, -0.05) is 43.2 Å². The SMILES string of the molecule is CCCC1CN(C)CC=C1c1ccc(Cl)cc1. The maximum absolute atomic E-state index is 5.94. The summed E-state index contributed by atoms with van der Waals surface area (Å²) in [5.41, 5.74) is 2.84. The molecule has 2 rings (SSSR count). The number of halogens is 1. The second-order valence-corrected chi connectivity index (χ2v) is 5.31. The molecule has 1 aliphatic heterocycles. The predicted octanol–water partition coefficient (Wildman–Crippen LogP) is 4.09. The maximum atomic E-state index is 5.94. The molecule has 1 aromatic carbocycles. The standard InChI is InChI=1S/C15H20ClN/c1-3-4-13-11-17(2)10-9-15(13)12-5-7-14(16)8-6-12/h5-9,13H,3-4,10-11H2,1-2H3. The third-order valence-corrected chi connectivity index (χ3v) is 3.66. The highest BCUT2D eigenvalue weighted by molar-refractivity contribution is 6.30. The molecule has 1 heterocycles. The lowest BCUT2D eigenvalue weighted by Gasteiger charge is -2.30. The van der Waals surface area contributed by atoms with Gasteiger partial charge in [-0.2, -0.15) is 0 Å². The summed E-state index contributed by atoms with van der Waals surface area (Å²) in [7, 11) is 2.19. The van der Waals surface area contributed by atoms with Crippen LogP contribution < -0.4 is 0 Å². The van der Waals surface area contributed by atoms with Crippen molar-refractivity contribution in [2.24, 2.45) is 5.92 Å². The smallest absolute Gasteiger partial charge is 0.0406 e. The van der Waals surface area contributed by atoms with Crippen LogP contribution in [0.5, 0.6) is 0 Å². The van der Waals surface area contributed by atoms with Gasteiger partial charge in [0, 0.05) is 18.1 Å². The molecule has 17 heavy (non-hydrogen) atoms. The summed E-state index contributed by atoms with van der Waals surface area (Å²) in [6.45, 7) is 4.48. The van der Waals surface area contributed by atoms with Crippen LogP contribution in [0.4, 0.5) is 0 Å². The molecule has 0 spiro atoms. The zero-order chi connectivity index (χ0) is 12.3. The molecule has 1 nitrogen and oxygen atoms in total. The van der Waals surface area contributed by atoms with Crippen LogP contribution in [0.1, 0.15) is 25.3 Å². The fourth-order valence-corrected chi connectivity index (χ4v) is 2.69. The minimum atomic E-state index is 0.667. The Morgan fingerprint density at radius 3 is 2.65 bits per heavy atom. The van der Waals surface area contributed by atoms with E-state index in [9.17, 15) is 0 Å². The Morgan fingerprint density at radius 2 is 2.00 bits per heavy atom. The van der Waals surface area contributed by atoms with Gasteiger partial charge in [0.15, 0.2) is 0 Å². The molecule has 1 aliphatic rings. The van der Waals surface area contributed by atoms with Crippen molar-refractivity contribution in [3.63, 3.8) is 0 Å². The zero-order valence-electron chi connectivity index (χ0n) is 10.6. The van der Waals surface area contributed by atoms with Gasteiger partial charge in [-0.3, -0.25) is 0 Å². The van der Waals surface area contributed by atoms with Crippen molar-refractivity contribution < 1.29 is 0 Å². The molecule has 0 aliphatic carbocycles. The molecule has 0 amide bonds. The Bertz CT molecular complexity index is 394. The lowest BCUT2D eigenvalue weighted by atomic mass is 9.86. The van der Waals surface area contributed by atoms with Crippen LogP contribution in [0.3, 0.4) is 0 Å². The van der Waals surface area contributed by atoms with Crippen molar-refractivity contribution in [3.05, 3.63) is 40.9 Å². The topological polar surface area (TPSA) is 3.24 Å². The van der Waals surface area contributed by atoms with Gasteiger partial charge in [0.05, 0.1) is 0 Å². The van der Waals surface area contributed by atoms with E-state index in [1.54, 1.807) is 0 Å². The highest BCUT2D eigenvalue weighted by Crippen LogP contribution is 2.31. The lowest BCUT2D eigenvalue weighted by Crippen LogP contribution is -2.31. The van der Waals surface area contributed by atoms with Crippen molar-refractivity contribution in [2.45, 2.75) is 19.8 Å². The summed E-state index contributed by atoms with van der Waals surface area (Å²) in [6, 6.07) is 8.25. The monoisotopic (exact) mass is 249 g/mol. The van der Waals surface area contributed by atoms with Gasteiger partial charge in [0.1, 0.15) is 0 Å². The summed E-state index contributed by atoms with van der Waals surface area (Å²) in [5.74, 6) is 0.667. The number of rotatable bonds is 3. The number of hydrogen-bond donors (Lipinski definition) is 0. The molecule has 1 aromatic rings. The Kier molecular flexibility index (Phi) is 4.25. The third kappa shape index (κ3) is 3.11. The summed E-state index contributed by atoms with van der Waals surface area (Å²) in [5, 5.41) is 0.814. The molecule has 0 bridgehead atoms. The van der Waals surface area contributed by atoms with Crippen LogP contribution in [0, 0.1) is 5.92 Å². The van der Waals surface area contributed by atoms with Gasteiger partial charge in [-0.15, -0.1) is 0 Å². The van der Waals surface area contributed by atoms with Gasteiger partial charge in [-0.05, 0) is 42.7 Å². The van der Waals surface area contributed by atoms with E-state index >= 15 is 0 Å². The van der Waals surface area contributed by atoms with Crippen molar-refractivity contribution in [2.75, 3.05) is 20.1 Å². The molecule has 0 fully saturated rings. The van der Waals surface area contributed by atoms with E-state index in [0.29, 0.717) is 5.92 Å². The molecule has 0 aromatic heterocycles. The average Bonchev–Trinajstić information content (AvgIpc) is 2.31. The molecule has 92 valence electrons. The van der Waals surface area contributed by atoms with Gasteiger partial charge in [0.25, 0.3) is 0 Å². The molecule has 1 unspecified atom stereocenters. The van der Waals surface area contributed by atoms with E-state index < -0.39 is 0 Å². The van der Waals surface area contributed by atoms with Crippen LogP contribution in [0.25, 0.3) is 5.57 Å². The van der Waals surface area contributed by atoms with Gasteiger partial charge >= 0.3 is 0 Å². The molecule has 0 saturated heterocycles. The van der Waals surface area contributed by atoms with Crippen LogP contribution in [-0.2, 0) is 0 Å².